The predicted octanol–water partition coefficient (Wildman–Crippen LogP) is 6.39. The third kappa shape index (κ3) is 4.25. The molecule has 0 spiro atoms. The predicted molar refractivity (Wildman–Crippen MR) is 114 cm³/mol. The molecule has 29 heavy (non-hydrogen) atoms. The third-order valence-corrected chi connectivity index (χ3v) is 5.57. The van der Waals surface area contributed by atoms with Gasteiger partial charge in [0.2, 0.25) is 11.8 Å². The lowest BCUT2D eigenvalue weighted by Crippen LogP contribution is -2.18. The van der Waals surface area contributed by atoms with Gasteiger partial charge in [0.15, 0.2) is 0 Å². The lowest BCUT2D eigenvalue weighted by Gasteiger charge is -2.20. The molecule has 146 valence electrons. The smallest absolute Gasteiger partial charge is 0.226 e. The summed E-state index contributed by atoms with van der Waals surface area (Å²) in [5.74, 6) is 1.18. The van der Waals surface area contributed by atoms with Crippen LogP contribution in [0.5, 0.6) is 0 Å². The van der Waals surface area contributed by atoms with Gasteiger partial charge in [-0.1, -0.05) is 79.9 Å². The number of benzene rings is 2. The van der Waals surface area contributed by atoms with Gasteiger partial charge in [-0.25, -0.2) is 0 Å². The van der Waals surface area contributed by atoms with Crippen molar-refractivity contribution in [2.45, 2.75) is 38.5 Å². The van der Waals surface area contributed by atoms with Crippen LogP contribution < -0.4 is 5.32 Å². The van der Waals surface area contributed by atoms with Crippen LogP contribution in [0.25, 0.3) is 22.5 Å². The summed E-state index contributed by atoms with van der Waals surface area (Å²) in [6.45, 7) is 0. The molecule has 2 aromatic carbocycles. The highest BCUT2D eigenvalue weighted by Gasteiger charge is 2.25. The summed E-state index contributed by atoms with van der Waals surface area (Å²) in [7, 11) is 0. The van der Waals surface area contributed by atoms with E-state index >= 15 is 0 Å². The van der Waals surface area contributed by atoms with Crippen LogP contribution in [-0.4, -0.2) is 5.91 Å². The number of hydrogen-bond acceptors (Lipinski definition) is 3. The number of nitrogens with zero attached hydrogens (tertiary/aromatic N) is 1. The molecule has 4 rings (SSSR count). The summed E-state index contributed by atoms with van der Waals surface area (Å²) in [4.78, 5) is 12.7. The summed E-state index contributed by atoms with van der Waals surface area (Å²) in [6.07, 6.45) is 6.32. The second kappa shape index (κ2) is 8.79. The average Bonchev–Trinajstić information content (AvgIpc) is 3.13. The van der Waals surface area contributed by atoms with Crippen LogP contribution in [0, 0.1) is 17.2 Å². The van der Waals surface area contributed by atoms with E-state index in [2.05, 4.69) is 11.4 Å². The average molecular weight is 384 g/mol. The summed E-state index contributed by atoms with van der Waals surface area (Å²) in [5.41, 5.74) is 2.84. The molecule has 3 aromatic rings. The maximum absolute atomic E-state index is 12.7. The normalized spacial score (nSPS) is 14.3. The zero-order chi connectivity index (χ0) is 20.1. The Hall–Kier alpha value is -3.32. The molecular weight excluding hydrogens is 360 g/mol. The number of hydrogen-bond donors (Lipinski definition) is 1. The number of nitriles is 1. The van der Waals surface area contributed by atoms with E-state index in [0.29, 0.717) is 29.2 Å². The van der Waals surface area contributed by atoms with Crippen LogP contribution in [0.2, 0.25) is 0 Å². The summed E-state index contributed by atoms with van der Waals surface area (Å²) in [5, 5.41) is 12.8. The van der Waals surface area contributed by atoms with E-state index in [0.717, 1.165) is 24.0 Å². The fourth-order valence-electron chi connectivity index (χ4n) is 4.13. The van der Waals surface area contributed by atoms with Crippen molar-refractivity contribution in [1.82, 2.24) is 0 Å². The molecule has 0 unspecified atom stereocenters. The number of carbonyl (C=O) groups excluding carboxylic acids is 1. The summed E-state index contributed by atoms with van der Waals surface area (Å²) >= 11 is 0. The SMILES string of the molecule is N#Cc1c(NC(=O)CC2CCCCC2)oc(-c2ccccc2)c1-c1ccccc1. The molecule has 1 saturated carbocycles. The maximum Gasteiger partial charge on any atom is 0.226 e. The molecule has 1 aliphatic rings. The van der Waals surface area contributed by atoms with Crippen LogP contribution >= 0.6 is 0 Å². The van der Waals surface area contributed by atoms with Crippen molar-refractivity contribution in [1.29, 1.82) is 5.26 Å². The van der Waals surface area contributed by atoms with Gasteiger partial charge in [-0.3, -0.25) is 10.1 Å². The molecule has 0 radical (unpaired) electrons. The number of rotatable bonds is 5. The second-order valence-corrected chi connectivity index (χ2v) is 7.61. The molecule has 0 atom stereocenters. The van der Waals surface area contributed by atoms with Crippen molar-refractivity contribution in [2.24, 2.45) is 5.92 Å². The van der Waals surface area contributed by atoms with Gasteiger partial charge in [-0.2, -0.15) is 5.26 Å². The van der Waals surface area contributed by atoms with Crippen LogP contribution in [0.1, 0.15) is 44.1 Å². The first-order valence-corrected chi connectivity index (χ1v) is 10.2. The van der Waals surface area contributed by atoms with Gasteiger partial charge in [0.25, 0.3) is 0 Å². The number of anilines is 1. The van der Waals surface area contributed by atoms with Gasteiger partial charge in [0.1, 0.15) is 17.4 Å². The molecule has 1 aliphatic carbocycles. The first-order valence-electron chi connectivity index (χ1n) is 10.2. The highest BCUT2D eigenvalue weighted by atomic mass is 16.4. The minimum Gasteiger partial charge on any atom is -0.438 e. The Bertz CT molecular complexity index is 1010. The number of carbonyl (C=O) groups is 1. The highest BCUT2D eigenvalue weighted by Crippen LogP contribution is 2.41. The minimum absolute atomic E-state index is 0.0821. The summed E-state index contributed by atoms with van der Waals surface area (Å²) < 4.78 is 6.08. The molecule has 1 N–H and O–H groups in total. The second-order valence-electron chi connectivity index (χ2n) is 7.61. The Labute approximate surface area is 171 Å². The van der Waals surface area contributed by atoms with E-state index < -0.39 is 0 Å². The van der Waals surface area contributed by atoms with Gasteiger partial charge in [-0.15, -0.1) is 0 Å². The van der Waals surface area contributed by atoms with E-state index in [1.165, 1.54) is 19.3 Å². The van der Waals surface area contributed by atoms with Crippen molar-refractivity contribution in [3.63, 3.8) is 0 Å². The van der Waals surface area contributed by atoms with E-state index in [9.17, 15) is 10.1 Å². The number of furan rings is 1. The Morgan fingerprint density at radius 2 is 1.59 bits per heavy atom. The van der Waals surface area contributed by atoms with Crippen molar-refractivity contribution in [2.75, 3.05) is 5.32 Å². The minimum atomic E-state index is -0.0821. The van der Waals surface area contributed by atoms with E-state index in [4.69, 9.17) is 4.42 Å². The first kappa shape index (κ1) is 19.0. The monoisotopic (exact) mass is 384 g/mol. The van der Waals surface area contributed by atoms with Crippen LogP contribution in [0.4, 0.5) is 5.88 Å². The lowest BCUT2D eigenvalue weighted by molar-refractivity contribution is -0.117. The standard InChI is InChI=1S/C25H24N2O2/c26-17-21-23(19-12-6-2-7-13-19)24(20-14-8-3-9-15-20)29-25(21)27-22(28)16-18-10-4-1-5-11-18/h2-3,6-9,12-15,18H,1,4-5,10-11,16H2,(H,27,28). The molecule has 0 bridgehead atoms. The Balaban J connectivity index is 1.70. The third-order valence-electron chi connectivity index (χ3n) is 5.57. The van der Waals surface area contributed by atoms with Gasteiger partial charge in [0, 0.05) is 17.5 Å². The van der Waals surface area contributed by atoms with Crippen LogP contribution in [0.3, 0.4) is 0 Å². The number of amides is 1. The first-order chi connectivity index (χ1) is 14.3. The maximum atomic E-state index is 12.7. The van der Waals surface area contributed by atoms with E-state index in [1.807, 2.05) is 60.7 Å². The molecule has 0 aliphatic heterocycles. The lowest BCUT2D eigenvalue weighted by atomic mass is 9.87. The highest BCUT2D eigenvalue weighted by molar-refractivity contribution is 5.95. The van der Waals surface area contributed by atoms with Gasteiger partial charge >= 0.3 is 0 Å². The largest absolute Gasteiger partial charge is 0.438 e. The quantitative estimate of drug-likeness (QED) is 0.554. The molecule has 4 nitrogen and oxygen atoms in total. The van der Waals surface area contributed by atoms with Crippen molar-refractivity contribution in [3.8, 4) is 28.5 Å². The zero-order valence-electron chi connectivity index (χ0n) is 16.4. The van der Waals surface area contributed by atoms with Gasteiger partial charge in [-0.05, 0) is 24.3 Å². The molecule has 1 fully saturated rings. The molecular formula is C25H24N2O2. The van der Waals surface area contributed by atoms with Crippen molar-refractivity contribution >= 4 is 11.8 Å². The Morgan fingerprint density at radius 3 is 2.21 bits per heavy atom. The topological polar surface area (TPSA) is 66.0 Å². The summed E-state index contributed by atoms with van der Waals surface area (Å²) in [6, 6.07) is 21.6. The Morgan fingerprint density at radius 1 is 0.966 bits per heavy atom. The fraction of sp³-hybridized carbons (Fsp3) is 0.280. The van der Waals surface area contributed by atoms with Gasteiger partial charge in [0.05, 0.1) is 0 Å². The van der Waals surface area contributed by atoms with Gasteiger partial charge < -0.3 is 4.42 Å². The number of nitrogens with one attached hydrogen (secondary N) is 1. The van der Waals surface area contributed by atoms with E-state index in [-0.39, 0.29) is 11.8 Å². The molecule has 0 saturated heterocycles. The zero-order valence-corrected chi connectivity index (χ0v) is 16.4. The Kier molecular flexibility index (Phi) is 5.76. The molecule has 1 amide bonds. The molecule has 1 aromatic heterocycles. The van der Waals surface area contributed by atoms with Crippen molar-refractivity contribution < 1.29 is 9.21 Å². The molecule has 1 heterocycles. The van der Waals surface area contributed by atoms with Crippen LogP contribution in [0.15, 0.2) is 65.1 Å². The molecule has 4 heteroatoms. The fourth-order valence-corrected chi connectivity index (χ4v) is 4.13. The van der Waals surface area contributed by atoms with Crippen molar-refractivity contribution in [3.05, 3.63) is 66.2 Å². The van der Waals surface area contributed by atoms with E-state index in [1.54, 1.807) is 0 Å². The van der Waals surface area contributed by atoms with Crippen LogP contribution in [-0.2, 0) is 4.79 Å².